The van der Waals surface area contributed by atoms with Crippen molar-refractivity contribution < 1.29 is 9.21 Å². The second-order valence-corrected chi connectivity index (χ2v) is 8.00. The number of nitrogens with one attached hydrogen (secondary N) is 2. The van der Waals surface area contributed by atoms with E-state index in [2.05, 4.69) is 36.3 Å². The van der Waals surface area contributed by atoms with Crippen LogP contribution in [0.1, 0.15) is 59.1 Å². The maximum Gasteiger partial charge on any atom is 0.292 e. The molecule has 2 aliphatic carbocycles. The molecule has 0 saturated heterocycles. The van der Waals surface area contributed by atoms with Crippen molar-refractivity contribution in [2.24, 2.45) is 0 Å². The summed E-state index contributed by atoms with van der Waals surface area (Å²) in [6.07, 6.45) is 5.71. The number of hydrogen-bond acceptors (Lipinski definition) is 5. The van der Waals surface area contributed by atoms with E-state index in [-0.39, 0.29) is 11.3 Å². The van der Waals surface area contributed by atoms with E-state index in [4.69, 9.17) is 4.42 Å². The third-order valence-electron chi connectivity index (χ3n) is 5.14. The summed E-state index contributed by atoms with van der Waals surface area (Å²) in [5.41, 5.74) is 2.34. The number of furan rings is 1. The van der Waals surface area contributed by atoms with Gasteiger partial charge in [-0.25, -0.2) is 4.98 Å². The lowest BCUT2D eigenvalue weighted by Gasteiger charge is -2.15. The number of halogens is 1. The molecule has 28 heavy (non-hydrogen) atoms. The average molecular weight is 444 g/mol. The Bertz CT molecular complexity index is 1130. The summed E-state index contributed by atoms with van der Waals surface area (Å²) >= 11 is 3.20. The van der Waals surface area contributed by atoms with Crippen LogP contribution in [0.4, 0.5) is 5.82 Å². The molecule has 0 bridgehead atoms. The quantitative estimate of drug-likeness (QED) is 0.642. The van der Waals surface area contributed by atoms with Crippen LogP contribution in [0.15, 0.2) is 32.1 Å². The fraction of sp³-hybridized carbons (Fsp3) is 0.368. The van der Waals surface area contributed by atoms with Gasteiger partial charge < -0.3 is 9.73 Å². The van der Waals surface area contributed by atoms with Crippen molar-refractivity contribution in [2.75, 3.05) is 5.32 Å². The second-order valence-electron chi connectivity index (χ2n) is 7.22. The summed E-state index contributed by atoms with van der Waals surface area (Å²) in [6.45, 7) is 0. The normalized spacial score (nSPS) is 16.0. The number of aryl methyl sites for hydroxylation is 1. The van der Waals surface area contributed by atoms with Crippen LogP contribution >= 0.6 is 15.9 Å². The molecule has 1 amide bonds. The van der Waals surface area contributed by atoms with Gasteiger partial charge >= 0.3 is 0 Å². The lowest BCUT2D eigenvalue weighted by atomic mass is 9.97. The standard InChI is InChI=1S/C19H18BrN5O3/c20-15-8-7-14(28-15)18(27)22-16-9-13(10-5-6-10)24-25(16)19-21-12-4-2-1-3-11(12)17(26)23-19/h7-10H,1-6H2,(H,22,27)(H,21,23,26). The van der Waals surface area contributed by atoms with Crippen molar-refractivity contribution in [2.45, 2.75) is 44.4 Å². The van der Waals surface area contributed by atoms with E-state index in [1.807, 2.05) is 6.07 Å². The number of anilines is 1. The first-order valence-electron chi connectivity index (χ1n) is 9.37. The number of carbonyl (C=O) groups is 1. The molecule has 3 aromatic rings. The van der Waals surface area contributed by atoms with E-state index in [0.29, 0.717) is 22.4 Å². The third kappa shape index (κ3) is 3.19. The highest BCUT2D eigenvalue weighted by molar-refractivity contribution is 9.10. The number of aromatic nitrogens is 4. The molecule has 2 aliphatic rings. The Balaban J connectivity index is 1.54. The molecular formula is C19H18BrN5O3. The number of nitrogens with zero attached hydrogens (tertiary/aromatic N) is 3. The zero-order chi connectivity index (χ0) is 19.3. The van der Waals surface area contributed by atoms with Gasteiger partial charge in [0.1, 0.15) is 5.82 Å². The number of aromatic amines is 1. The van der Waals surface area contributed by atoms with Gasteiger partial charge in [-0.05, 0) is 66.6 Å². The minimum Gasteiger partial charge on any atom is -0.444 e. The number of hydrogen-bond donors (Lipinski definition) is 2. The van der Waals surface area contributed by atoms with Crippen LogP contribution in [0, 0.1) is 0 Å². The van der Waals surface area contributed by atoms with Gasteiger partial charge in [-0.3, -0.25) is 14.6 Å². The Morgan fingerprint density at radius 2 is 2.11 bits per heavy atom. The lowest BCUT2D eigenvalue weighted by Crippen LogP contribution is -2.24. The Hall–Kier alpha value is -2.68. The molecule has 2 N–H and O–H groups in total. The summed E-state index contributed by atoms with van der Waals surface area (Å²) in [5, 5.41) is 7.44. The van der Waals surface area contributed by atoms with Crippen molar-refractivity contribution in [3.8, 4) is 5.95 Å². The van der Waals surface area contributed by atoms with E-state index in [0.717, 1.165) is 55.5 Å². The van der Waals surface area contributed by atoms with Gasteiger partial charge in [0.05, 0.1) is 11.4 Å². The van der Waals surface area contributed by atoms with E-state index in [1.165, 1.54) is 4.68 Å². The second kappa shape index (κ2) is 6.73. The van der Waals surface area contributed by atoms with Gasteiger partial charge in [-0.1, -0.05) is 0 Å². The zero-order valence-electron chi connectivity index (χ0n) is 15.0. The number of H-pyrrole nitrogens is 1. The van der Waals surface area contributed by atoms with E-state index >= 15 is 0 Å². The van der Waals surface area contributed by atoms with Crippen LogP contribution in [0.25, 0.3) is 5.95 Å². The molecular weight excluding hydrogens is 426 g/mol. The lowest BCUT2D eigenvalue weighted by molar-refractivity contribution is 0.0994. The van der Waals surface area contributed by atoms with Crippen molar-refractivity contribution in [1.82, 2.24) is 19.7 Å². The number of rotatable bonds is 4. The highest BCUT2D eigenvalue weighted by Crippen LogP contribution is 2.40. The molecule has 5 rings (SSSR count). The Morgan fingerprint density at radius 3 is 2.86 bits per heavy atom. The predicted molar refractivity (Wildman–Crippen MR) is 105 cm³/mol. The van der Waals surface area contributed by atoms with Gasteiger partial charge in [0.2, 0.25) is 5.95 Å². The smallest absolute Gasteiger partial charge is 0.292 e. The Labute approximate surface area is 168 Å². The van der Waals surface area contributed by atoms with Gasteiger partial charge in [-0.15, -0.1) is 0 Å². The number of amides is 1. The molecule has 3 aromatic heterocycles. The Morgan fingerprint density at radius 1 is 1.29 bits per heavy atom. The summed E-state index contributed by atoms with van der Waals surface area (Å²) in [7, 11) is 0. The van der Waals surface area contributed by atoms with Crippen molar-refractivity contribution in [3.63, 3.8) is 0 Å². The Kier molecular flexibility index (Phi) is 4.19. The topological polar surface area (TPSA) is 106 Å². The molecule has 144 valence electrons. The molecule has 3 heterocycles. The molecule has 9 heteroatoms. The molecule has 0 radical (unpaired) electrons. The van der Waals surface area contributed by atoms with E-state index in [1.54, 1.807) is 12.1 Å². The SMILES string of the molecule is O=C(Nc1cc(C2CC2)nn1-c1nc2c(c(=O)[nH]1)CCCC2)c1ccc(Br)o1. The maximum atomic E-state index is 12.5. The highest BCUT2D eigenvalue weighted by Gasteiger charge is 2.29. The van der Waals surface area contributed by atoms with Crippen LogP contribution in [0.2, 0.25) is 0 Å². The molecule has 0 aromatic carbocycles. The first-order chi connectivity index (χ1) is 13.6. The van der Waals surface area contributed by atoms with Gasteiger partial charge in [-0.2, -0.15) is 9.78 Å². The molecule has 8 nitrogen and oxygen atoms in total. The minimum atomic E-state index is -0.394. The van der Waals surface area contributed by atoms with Crippen molar-refractivity contribution >= 4 is 27.7 Å². The maximum absolute atomic E-state index is 12.5. The largest absolute Gasteiger partial charge is 0.444 e. The van der Waals surface area contributed by atoms with Crippen LogP contribution in [0.5, 0.6) is 0 Å². The molecule has 0 aliphatic heterocycles. The first-order valence-corrected chi connectivity index (χ1v) is 10.2. The number of fused-ring (bicyclic) bond motifs is 1. The minimum absolute atomic E-state index is 0.129. The van der Waals surface area contributed by atoms with Crippen LogP contribution in [0.3, 0.4) is 0 Å². The molecule has 0 unspecified atom stereocenters. The number of carbonyl (C=O) groups excluding carboxylic acids is 1. The van der Waals surface area contributed by atoms with Crippen LogP contribution in [-0.2, 0) is 12.8 Å². The van der Waals surface area contributed by atoms with Crippen molar-refractivity contribution in [1.29, 1.82) is 0 Å². The first kappa shape index (κ1) is 17.4. The van der Waals surface area contributed by atoms with Crippen molar-refractivity contribution in [3.05, 3.63) is 55.9 Å². The fourth-order valence-electron chi connectivity index (χ4n) is 3.53. The van der Waals surface area contributed by atoms with E-state index < -0.39 is 5.91 Å². The predicted octanol–water partition coefficient (Wildman–Crippen LogP) is 3.32. The zero-order valence-corrected chi connectivity index (χ0v) is 16.6. The monoisotopic (exact) mass is 443 g/mol. The molecule has 0 spiro atoms. The van der Waals surface area contributed by atoms with Gasteiger partial charge in [0.25, 0.3) is 11.5 Å². The third-order valence-corrected chi connectivity index (χ3v) is 5.57. The van der Waals surface area contributed by atoms with E-state index in [9.17, 15) is 9.59 Å². The summed E-state index contributed by atoms with van der Waals surface area (Å²) in [6, 6.07) is 5.08. The average Bonchev–Trinajstić information content (AvgIpc) is 3.31. The van der Waals surface area contributed by atoms with Gasteiger partial charge in [0, 0.05) is 17.5 Å². The molecule has 0 atom stereocenters. The van der Waals surface area contributed by atoms with Crippen LogP contribution < -0.4 is 10.9 Å². The summed E-state index contributed by atoms with van der Waals surface area (Å²) in [5.74, 6) is 0.958. The summed E-state index contributed by atoms with van der Waals surface area (Å²) in [4.78, 5) is 32.5. The summed E-state index contributed by atoms with van der Waals surface area (Å²) < 4.78 is 7.32. The molecule has 1 saturated carbocycles. The van der Waals surface area contributed by atoms with Crippen LogP contribution in [-0.4, -0.2) is 25.7 Å². The van der Waals surface area contributed by atoms with Gasteiger partial charge in [0.15, 0.2) is 10.4 Å². The highest BCUT2D eigenvalue weighted by atomic mass is 79.9. The molecule has 1 fully saturated rings. The fourth-order valence-corrected chi connectivity index (χ4v) is 3.84.